The van der Waals surface area contributed by atoms with E-state index in [0.29, 0.717) is 34.2 Å². The van der Waals surface area contributed by atoms with Gasteiger partial charge in [-0.25, -0.2) is 4.79 Å². The van der Waals surface area contributed by atoms with Crippen molar-refractivity contribution in [1.82, 2.24) is 0 Å². The first kappa shape index (κ1) is 18.9. The third-order valence-electron chi connectivity index (χ3n) is 3.49. The van der Waals surface area contributed by atoms with E-state index in [0.717, 1.165) is 0 Å². The molecule has 2 aromatic rings. The maximum absolute atomic E-state index is 12.2. The number of methoxy groups -OCH3 is 3. The van der Waals surface area contributed by atoms with E-state index in [1.807, 2.05) is 0 Å². The summed E-state index contributed by atoms with van der Waals surface area (Å²) in [7, 11) is 4.47. The van der Waals surface area contributed by atoms with Crippen molar-refractivity contribution >= 4 is 23.4 Å². The number of rotatable bonds is 7. The van der Waals surface area contributed by atoms with Crippen LogP contribution >= 0.6 is 0 Å². The van der Waals surface area contributed by atoms with Crippen molar-refractivity contribution in [3.05, 3.63) is 42.0 Å². The Hall–Kier alpha value is -3.42. The second kappa shape index (κ2) is 8.61. The van der Waals surface area contributed by atoms with Crippen molar-refractivity contribution in [2.24, 2.45) is 0 Å². The molecular weight excluding hydrogens is 340 g/mol. The fourth-order valence-corrected chi connectivity index (χ4v) is 2.33. The summed E-state index contributed by atoms with van der Waals surface area (Å²) in [6, 6.07) is 9.30. The first-order valence-corrected chi connectivity index (χ1v) is 7.65. The Labute approximate surface area is 150 Å². The van der Waals surface area contributed by atoms with Gasteiger partial charge >= 0.3 is 12.0 Å². The van der Waals surface area contributed by atoms with Crippen molar-refractivity contribution in [2.45, 2.75) is 6.42 Å². The van der Waals surface area contributed by atoms with Gasteiger partial charge in [0.1, 0.15) is 0 Å². The maximum Gasteiger partial charge on any atom is 0.323 e. The molecule has 0 aliphatic rings. The van der Waals surface area contributed by atoms with Crippen LogP contribution in [0.2, 0.25) is 0 Å². The molecule has 2 rings (SSSR count). The van der Waals surface area contributed by atoms with E-state index in [4.69, 9.17) is 19.3 Å². The highest BCUT2D eigenvalue weighted by Gasteiger charge is 2.14. The average molecular weight is 360 g/mol. The van der Waals surface area contributed by atoms with Gasteiger partial charge in [0.2, 0.25) is 5.75 Å². The van der Waals surface area contributed by atoms with E-state index in [2.05, 4.69) is 10.6 Å². The predicted molar refractivity (Wildman–Crippen MR) is 96.5 cm³/mol. The van der Waals surface area contributed by atoms with Gasteiger partial charge in [0.25, 0.3) is 0 Å². The van der Waals surface area contributed by atoms with Crippen molar-refractivity contribution < 1.29 is 28.9 Å². The smallest absolute Gasteiger partial charge is 0.323 e. The number of carboxylic acid groups (broad SMARTS) is 1. The van der Waals surface area contributed by atoms with Crippen LogP contribution in [0.4, 0.5) is 16.2 Å². The lowest BCUT2D eigenvalue weighted by Gasteiger charge is -2.15. The number of hydrogen-bond acceptors (Lipinski definition) is 5. The van der Waals surface area contributed by atoms with E-state index in [1.54, 1.807) is 36.4 Å². The molecule has 3 N–H and O–H groups in total. The highest BCUT2D eigenvalue weighted by atomic mass is 16.5. The molecule has 8 nitrogen and oxygen atoms in total. The van der Waals surface area contributed by atoms with Crippen molar-refractivity contribution in [3.63, 3.8) is 0 Å². The molecule has 0 radical (unpaired) electrons. The summed E-state index contributed by atoms with van der Waals surface area (Å²) in [6.45, 7) is 0. The van der Waals surface area contributed by atoms with Crippen LogP contribution in [0.15, 0.2) is 36.4 Å². The lowest BCUT2D eigenvalue weighted by atomic mass is 10.1. The van der Waals surface area contributed by atoms with E-state index >= 15 is 0 Å². The van der Waals surface area contributed by atoms with E-state index in [9.17, 15) is 9.59 Å². The third-order valence-corrected chi connectivity index (χ3v) is 3.49. The van der Waals surface area contributed by atoms with Crippen LogP contribution in [0.1, 0.15) is 5.56 Å². The normalized spacial score (nSPS) is 9.96. The molecular formula is C18H20N2O6. The minimum Gasteiger partial charge on any atom is -0.493 e. The second-order valence-electron chi connectivity index (χ2n) is 5.26. The lowest BCUT2D eigenvalue weighted by Crippen LogP contribution is -2.19. The van der Waals surface area contributed by atoms with Gasteiger partial charge in [-0.15, -0.1) is 0 Å². The molecule has 0 heterocycles. The van der Waals surface area contributed by atoms with Crippen molar-refractivity contribution in [2.75, 3.05) is 32.0 Å². The lowest BCUT2D eigenvalue weighted by molar-refractivity contribution is -0.136. The summed E-state index contributed by atoms with van der Waals surface area (Å²) in [4.78, 5) is 22.8. The zero-order valence-corrected chi connectivity index (χ0v) is 14.7. The highest BCUT2D eigenvalue weighted by molar-refractivity contribution is 6.00. The van der Waals surface area contributed by atoms with Gasteiger partial charge in [0.05, 0.1) is 33.4 Å². The number of hydrogen-bond donors (Lipinski definition) is 3. The largest absolute Gasteiger partial charge is 0.493 e. The van der Waals surface area contributed by atoms with Crippen LogP contribution < -0.4 is 24.8 Å². The summed E-state index contributed by atoms with van der Waals surface area (Å²) in [5.74, 6) is 0.348. The molecule has 0 fully saturated rings. The standard InChI is InChI=1S/C18H20N2O6/c1-24-14-9-13(10-15(25-2)17(14)26-3)20-18(23)19-12-6-4-11(5-7-12)8-16(21)22/h4-7,9-10H,8H2,1-3H3,(H,21,22)(H2,19,20,23). The van der Waals surface area contributed by atoms with Gasteiger partial charge in [-0.1, -0.05) is 12.1 Å². The minimum absolute atomic E-state index is 0.0715. The number of carboxylic acids is 1. The van der Waals surface area contributed by atoms with Gasteiger partial charge in [-0.3, -0.25) is 4.79 Å². The molecule has 0 unspecified atom stereocenters. The number of ether oxygens (including phenoxy) is 3. The fraction of sp³-hybridized carbons (Fsp3) is 0.222. The van der Waals surface area contributed by atoms with Crippen molar-refractivity contribution in [3.8, 4) is 17.2 Å². The van der Waals surface area contributed by atoms with Crippen molar-refractivity contribution in [1.29, 1.82) is 0 Å². The number of nitrogens with one attached hydrogen (secondary N) is 2. The Morgan fingerprint density at radius 1 is 0.885 bits per heavy atom. The minimum atomic E-state index is -0.911. The molecule has 0 saturated carbocycles. The number of anilines is 2. The molecule has 2 amide bonds. The first-order valence-electron chi connectivity index (χ1n) is 7.65. The number of aliphatic carboxylic acids is 1. The molecule has 2 aromatic carbocycles. The average Bonchev–Trinajstić information content (AvgIpc) is 2.61. The monoisotopic (exact) mass is 360 g/mol. The third kappa shape index (κ3) is 4.79. The van der Waals surface area contributed by atoms with Crippen LogP contribution in [-0.2, 0) is 11.2 Å². The Balaban J connectivity index is 2.08. The van der Waals surface area contributed by atoms with E-state index < -0.39 is 12.0 Å². The molecule has 26 heavy (non-hydrogen) atoms. The molecule has 138 valence electrons. The molecule has 0 saturated heterocycles. The number of urea groups is 1. The van der Waals surface area contributed by atoms with Crippen LogP contribution in [0.25, 0.3) is 0 Å². The molecule has 0 bridgehead atoms. The Kier molecular flexibility index (Phi) is 6.26. The zero-order chi connectivity index (χ0) is 19.1. The Morgan fingerprint density at radius 3 is 1.88 bits per heavy atom. The maximum atomic E-state index is 12.2. The van der Waals surface area contributed by atoms with Gasteiger partial charge < -0.3 is 30.0 Å². The quantitative estimate of drug-likeness (QED) is 0.701. The predicted octanol–water partition coefficient (Wildman–Crippen LogP) is 2.98. The SMILES string of the molecule is COc1cc(NC(=O)Nc2ccc(CC(=O)O)cc2)cc(OC)c1OC. The van der Waals surface area contributed by atoms with Crippen LogP contribution in [0, 0.1) is 0 Å². The summed E-state index contributed by atoms with van der Waals surface area (Å²) in [6.07, 6.45) is -0.0715. The Morgan fingerprint density at radius 2 is 1.42 bits per heavy atom. The highest BCUT2D eigenvalue weighted by Crippen LogP contribution is 2.39. The summed E-state index contributed by atoms with van der Waals surface area (Å²) in [5.41, 5.74) is 1.64. The van der Waals surface area contributed by atoms with Gasteiger partial charge in [-0.2, -0.15) is 0 Å². The number of carbonyl (C=O) groups excluding carboxylic acids is 1. The summed E-state index contributed by atoms with van der Waals surface area (Å²) in [5, 5.41) is 14.1. The molecule has 0 aliphatic carbocycles. The van der Waals surface area contributed by atoms with E-state index in [1.165, 1.54) is 21.3 Å². The molecule has 0 aliphatic heterocycles. The number of amides is 2. The van der Waals surface area contributed by atoms with Gasteiger partial charge in [0.15, 0.2) is 11.5 Å². The molecule has 0 spiro atoms. The van der Waals surface area contributed by atoms with Crippen LogP contribution in [-0.4, -0.2) is 38.4 Å². The Bertz CT molecular complexity index is 764. The summed E-state index contributed by atoms with van der Waals surface area (Å²) < 4.78 is 15.7. The van der Waals surface area contributed by atoms with Gasteiger partial charge in [0, 0.05) is 17.8 Å². The van der Waals surface area contributed by atoms with Gasteiger partial charge in [-0.05, 0) is 17.7 Å². The topological polar surface area (TPSA) is 106 Å². The fourth-order valence-electron chi connectivity index (χ4n) is 2.33. The number of carbonyl (C=O) groups is 2. The first-order chi connectivity index (χ1) is 12.5. The second-order valence-corrected chi connectivity index (χ2v) is 5.26. The number of benzene rings is 2. The molecule has 8 heteroatoms. The molecule has 0 atom stereocenters. The zero-order valence-electron chi connectivity index (χ0n) is 14.7. The van der Waals surface area contributed by atoms with Crippen LogP contribution in [0.3, 0.4) is 0 Å². The summed E-state index contributed by atoms with van der Waals surface area (Å²) >= 11 is 0. The molecule has 0 aromatic heterocycles. The van der Waals surface area contributed by atoms with E-state index in [-0.39, 0.29) is 6.42 Å². The van der Waals surface area contributed by atoms with Crippen LogP contribution in [0.5, 0.6) is 17.2 Å².